The Labute approximate surface area is 95.6 Å². The average Bonchev–Trinajstić information content (AvgIpc) is 2.62. The minimum atomic E-state index is 0.244. The maximum Gasteiger partial charge on any atom is 0.0907 e. The van der Waals surface area contributed by atoms with Gasteiger partial charge in [0.05, 0.1) is 4.87 Å². The third-order valence-electron chi connectivity index (χ3n) is 3.49. The van der Waals surface area contributed by atoms with E-state index in [2.05, 4.69) is 48.3 Å². The van der Waals surface area contributed by atoms with Crippen molar-refractivity contribution in [2.75, 3.05) is 5.75 Å². The van der Waals surface area contributed by atoms with Crippen molar-refractivity contribution in [3.8, 4) is 0 Å². The second-order valence-electron chi connectivity index (χ2n) is 4.69. The van der Waals surface area contributed by atoms with Crippen LogP contribution in [-0.2, 0) is 11.3 Å². The van der Waals surface area contributed by atoms with E-state index in [1.54, 1.807) is 11.1 Å². The highest BCUT2D eigenvalue weighted by atomic mass is 32.2. The Morgan fingerprint density at radius 2 is 2.27 bits per heavy atom. The van der Waals surface area contributed by atoms with Crippen LogP contribution < -0.4 is 5.32 Å². The van der Waals surface area contributed by atoms with Crippen molar-refractivity contribution < 1.29 is 0 Å². The van der Waals surface area contributed by atoms with Crippen molar-refractivity contribution in [1.29, 1.82) is 0 Å². The van der Waals surface area contributed by atoms with E-state index >= 15 is 0 Å². The predicted octanol–water partition coefficient (Wildman–Crippen LogP) is 2.90. The van der Waals surface area contributed by atoms with E-state index in [4.69, 9.17) is 0 Å². The monoisotopic (exact) mass is 219 g/mol. The third kappa shape index (κ3) is 1.51. The second kappa shape index (κ2) is 3.53. The molecule has 1 aromatic carbocycles. The number of fused-ring (bicyclic) bond motifs is 2. The molecule has 1 spiro atoms. The zero-order valence-electron chi connectivity index (χ0n) is 9.12. The van der Waals surface area contributed by atoms with E-state index < -0.39 is 0 Å². The molecule has 1 aliphatic carbocycles. The van der Waals surface area contributed by atoms with Crippen LogP contribution in [0.2, 0.25) is 0 Å². The van der Waals surface area contributed by atoms with Crippen molar-refractivity contribution in [1.82, 2.24) is 5.32 Å². The maximum atomic E-state index is 3.79. The van der Waals surface area contributed by atoms with Crippen LogP contribution in [0.15, 0.2) is 24.3 Å². The molecule has 1 saturated heterocycles. The predicted molar refractivity (Wildman–Crippen MR) is 66.1 cm³/mol. The van der Waals surface area contributed by atoms with Gasteiger partial charge in [0.25, 0.3) is 0 Å². The Morgan fingerprint density at radius 1 is 1.40 bits per heavy atom. The summed E-state index contributed by atoms with van der Waals surface area (Å²) in [6.07, 6.45) is 3.87. The van der Waals surface area contributed by atoms with Gasteiger partial charge in [-0.25, -0.2) is 0 Å². The van der Waals surface area contributed by atoms with E-state index in [1.807, 2.05) is 0 Å². The van der Waals surface area contributed by atoms with Gasteiger partial charge in [-0.3, -0.25) is 5.32 Å². The number of benzene rings is 1. The van der Waals surface area contributed by atoms with Crippen molar-refractivity contribution in [2.24, 2.45) is 0 Å². The van der Waals surface area contributed by atoms with Crippen LogP contribution in [0.25, 0.3) is 0 Å². The first-order chi connectivity index (χ1) is 7.30. The van der Waals surface area contributed by atoms with Crippen molar-refractivity contribution in [3.63, 3.8) is 0 Å². The van der Waals surface area contributed by atoms with Gasteiger partial charge >= 0.3 is 0 Å². The number of rotatable bonds is 0. The summed E-state index contributed by atoms with van der Waals surface area (Å²) >= 11 is 2.11. The Kier molecular flexibility index (Phi) is 2.29. The highest BCUT2D eigenvalue weighted by molar-refractivity contribution is 8.00. The smallest absolute Gasteiger partial charge is 0.0907 e. The summed E-state index contributed by atoms with van der Waals surface area (Å²) in [5, 5.41) is 3.79. The molecule has 1 fully saturated rings. The first kappa shape index (κ1) is 9.73. The normalized spacial score (nSPS) is 34.3. The lowest BCUT2D eigenvalue weighted by molar-refractivity contribution is 0.408. The van der Waals surface area contributed by atoms with Crippen molar-refractivity contribution in [2.45, 2.75) is 37.1 Å². The molecule has 0 bridgehead atoms. The molecule has 15 heavy (non-hydrogen) atoms. The molecule has 0 amide bonds. The Hall–Kier alpha value is -0.470. The van der Waals surface area contributed by atoms with Crippen LogP contribution in [0.3, 0.4) is 0 Å². The van der Waals surface area contributed by atoms with E-state index in [-0.39, 0.29) is 4.87 Å². The van der Waals surface area contributed by atoms with Gasteiger partial charge in [0, 0.05) is 11.8 Å². The minimum absolute atomic E-state index is 0.244. The molecular formula is C13H17NS. The molecular weight excluding hydrogens is 202 g/mol. The van der Waals surface area contributed by atoms with E-state index in [0.29, 0.717) is 6.04 Å². The van der Waals surface area contributed by atoms with Crippen LogP contribution in [0.4, 0.5) is 0 Å². The topological polar surface area (TPSA) is 12.0 Å². The van der Waals surface area contributed by atoms with E-state index in [9.17, 15) is 0 Å². The second-order valence-corrected chi connectivity index (χ2v) is 6.01. The molecule has 0 radical (unpaired) electrons. The molecule has 80 valence electrons. The lowest BCUT2D eigenvalue weighted by Gasteiger charge is -2.35. The third-order valence-corrected chi connectivity index (χ3v) is 5.19. The van der Waals surface area contributed by atoms with Gasteiger partial charge in [0.2, 0.25) is 0 Å². The van der Waals surface area contributed by atoms with Crippen molar-refractivity contribution in [3.05, 3.63) is 35.4 Å². The van der Waals surface area contributed by atoms with Gasteiger partial charge in [-0.2, -0.15) is 0 Å². The fraction of sp³-hybridized carbons (Fsp3) is 0.538. The molecule has 2 unspecified atom stereocenters. The molecule has 1 aromatic rings. The van der Waals surface area contributed by atoms with Gasteiger partial charge in [-0.15, -0.1) is 11.8 Å². The number of hydrogen-bond donors (Lipinski definition) is 1. The summed E-state index contributed by atoms with van der Waals surface area (Å²) in [5.74, 6) is 1.24. The van der Waals surface area contributed by atoms with Crippen LogP contribution in [-0.4, -0.2) is 11.8 Å². The largest absolute Gasteiger partial charge is 0.296 e. The first-order valence-electron chi connectivity index (χ1n) is 5.80. The summed E-state index contributed by atoms with van der Waals surface area (Å²) in [6, 6.07) is 9.60. The SMILES string of the molecule is CC1CSC2(CCCc3ccccc32)N1. The first-order valence-corrected chi connectivity index (χ1v) is 6.79. The van der Waals surface area contributed by atoms with Crippen molar-refractivity contribution >= 4 is 11.8 Å². The fourth-order valence-corrected chi connectivity index (χ4v) is 4.39. The zero-order chi connectivity index (χ0) is 10.3. The van der Waals surface area contributed by atoms with Crippen LogP contribution in [0.1, 0.15) is 30.9 Å². The molecule has 1 nitrogen and oxygen atoms in total. The number of hydrogen-bond acceptors (Lipinski definition) is 2. The average molecular weight is 219 g/mol. The lowest BCUT2D eigenvalue weighted by atomic mass is 9.87. The quantitative estimate of drug-likeness (QED) is 0.720. The molecule has 3 rings (SSSR count). The molecule has 2 aliphatic rings. The Balaban J connectivity index is 2.06. The van der Waals surface area contributed by atoms with Crippen LogP contribution in [0.5, 0.6) is 0 Å². The summed E-state index contributed by atoms with van der Waals surface area (Å²) in [7, 11) is 0. The van der Waals surface area contributed by atoms with Crippen LogP contribution in [0, 0.1) is 0 Å². The number of aryl methyl sites for hydroxylation is 1. The fourth-order valence-electron chi connectivity index (χ4n) is 2.84. The van der Waals surface area contributed by atoms with Gasteiger partial charge in [-0.1, -0.05) is 24.3 Å². The van der Waals surface area contributed by atoms with Gasteiger partial charge in [0.1, 0.15) is 0 Å². The molecule has 2 heteroatoms. The molecule has 1 aliphatic heterocycles. The molecule has 2 atom stereocenters. The summed E-state index contributed by atoms with van der Waals surface area (Å²) in [4.78, 5) is 0.244. The molecule has 1 N–H and O–H groups in total. The molecule has 0 saturated carbocycles. The van der Waals surface area contributed by atoms with Gasteiger partial charge < -0.3 is 0 Å². The summed E-state index contributed by atoms with van der Waals surface area (Å²) in [6.45, 7) is 2.29. The molecule has 1 heterocycles. The van der Waals surface area contributed by atoms with E-state index in [0.717, 1.165) is 0 Å². The van der Waals surface area contributed by atoms with Crippen LogP contribution >= 0.6 is 11.8 Å². The van der Waals surface area contributed by atoms with Gasteiger partial charge in [0.15, 0.2) is 0 Å². The number of nitrogens with one attached hydrogen (secondary N) is 1. The summed E-state index contributed by atoms with van der Waals surface area (Å²) in [5.41, 5.74) is 3.10. The lowest BCUT2D eigenvalue weighted by Crippen LogP contribution is -2.40. The maximum absolute atomic E-state index is 3.79. The standard InChI is InChI=1S/C13H17NS/c1-10-9-15-13(14-10)8-4-6-11-5-2-3-7-12(11)13/h2-3,5,7,10,14H,4,6,8-9H2,1H3. The van der Waals surface area contributed by atoms with Gasteiger partial charge in [-0.05, 0) is 37.3 Å². The number of thioether (sulfide) groups is 1. The Morgan fingerprint density at radius 3 is 3.07 bits per heavy atom. The zero-order valence-corrected chi connectivity index (χ0v) is 9.94. The highest BCUT2D eigenvalue weighted by Crippen LogP contribution is 2.47. The minimum Gasteiger partial charge on any atom is -0.296 e. The molecule has 0 aromatic heterocycles. The summed E-state index contributed by atoms with van der Waals surface area (Å²) < 4.78 is 0. The Bertz CT molecular complexity index is 377. The highest BCUT2D eigenvalue weighted by Gasteiger charge is 2.41. The van der Waals surface area contributed by atoms with E-state index in [1.165, 1.54) is 25.0 Å².